The van der Waals surface area contributed by atoms with E-state index in [9.17, 15) is 10.2 Å². The van der Waals surface area contributed by atoms with Gasteiger partial charge in [-0.15, -0.1) is 11.5 Å². The first-order valence-electron chi connectivity index (χ1n) is 11.3. The van der Waals surface area contributed by atoms with Crippen LogP contribution in [0.1, 0.15) is 75.1 Å². The molecule has 2 aromatic carbocycles. The van der Waals surface area contributed by atoms with E-state index in [1.165, 1.54) is 16.7 Å². The number of benzene rings is 2. The van der Waals surface area contributed by atoms with E-state index in [2.05, 4.69) is 42.9 Å². The van der Waals surface area contributed by atoms with Gasteiger partial charge in [0, 0.05) is 6.20 Å². The van der Waals surface area contributed by atoms with E-state index in [0.717, 1.165) is 11.4 Å². The molecule has 3 rings (SSSR count). The first-order chi connectivity index (χ1) is 15.2. The maximum atomic E-state index is 12.0. The second kappa shape index (κ2) is 11.7. The van der Waals surface area contributed by atoms with Gasteiger partial charge in [-0.25, -0.2) is 0 Å². The Balaban J connectivity index is 0.000000331. The van der Waals surface area contributed by atoms with Crippen molar-refractivity contribution in [1.82, 2.24) is 4.98 Å². The third kappa shape index (κ3) is 7.70. The minimum atomic E-state index is -0.347. The molecule has 0 aliphatic heterocycles. The molecule has 0 saturated carbocycles. The topological polar surface area (TPSA) is 71.4 Å². The van der Waals surface area contributed by atoms with E-state index in [1.807, 2.05) is 66.0 Å². The predicted octanol–water partition coefficient (Wildman–Crippen LogP) is 6.18. The summed E-state index contributed by atoms with van der Waals surface area (Å²) in [5.41, 5.74) is 6.27. The minimum absolute atomic E-state index is 0. The van der Waals surface area contributed by atoms with Gasteiger partial charge in [-0.3, -0.25) is 9.98 Å². The van der Waals surface area contributed by atoms with Crippen LogP contribution in [-0.4, -0.2) is 11.2 Å². The average molecular weight is 503 g/mol. The summed E-state index contributed by atoms with van der Waals surface area (Å²) in [5.74, 6) is -0.695. The van der Waals surface area contributed by atoms with E-state index in [1.54, 1.807) is 18.3 Å². The van der Waals surface area contributed by atoms with E-state index >= 15 is 0 Å². The Bertz CT molecular complexity index is 1060. The molecule has 3 aromatic rings. The molecule has 1 aromatic heterocycles. The number of aryl methyl sites for hydroxylation is 3. The fourth-order valence-electron chi connectivity index (χ4n) is 3.70. The minimum Gasteiger partial charge on any atom is -0.873 e. The number of aliphatic imine (C=N–C) groups is 1. The van der Waals surface area contributed by atoms with E-state index in [0.29, 0.717) is 11.1 Å². The van der Waals surface area contributed by atoms with Crippen LogP contribution in [0, 0.1) is 20.8 Å². The van der Waals surface area contributed by atoms with Gasteiger partial charge >= 0.3 is 16.5 Å². The number of pyridine rings is 1. The fourth-order valence-corrected chi connectivity index (χ4v) is 3.70. The molecule has 34 heavy (non-hydrogen) atoms. The summed E-state index contributed by atoms with van der Waals surface area (Å²) in [5, 5.41) is 23.9. The standard InChI is InChI=1S/C15H16N2.C14H22O2.Ni/c1-11-8-12(2)15(13(3)9-11)17-10-14-6-4-5-7-16-14;1-13(2,3)9-7-8-10(14(4,5)6)12(16)11(9)15;/h4-10H,1-3H3;7-8,15-16H,1-6H3;/q;;+2/p-2. The summed E-state index contributed by atoms with van der Waals surface area (Å²) < 4.78 is 0. The molecule has 0 N–H and O–H groups in total. The largest absolute Gasteiger partial charge is 2.00 e. The van der Waals surface area contributed by atoms with Crippen molar-refractivity contribution in [2.75, 3.05) is 0 Å². The van der Waals surface area contributed by atoms with Crippen molar-refractivity contribution in [2.45, 2.75) is 73.1 Å². The summed E-state index contributed by atoms with van der Waals surface area (Å²) in [6.07, 6.45) is 3.58. The van der Waals surface area contributed by atoms with Crippen molar-refractivity contribution in [3.63, 3.8) is 0 Å². The molecule has 0 atom stereocenters. The Morgan fingerprint density at radius 2 is 1.24 bits per heavy atom. The van der Waals surface area contributed by atoms with E-state index < -0.39 is 0 Å². The van der Waals surface area contributed by atoms with Crippen LogP contribution in [-0.2, 0) is 27.3 Å². The molecule has 1 heterocycles. The van der Waals surface area contributed by atoms with Gasteiger partial charge in [0.15, 0.2) is 0 Å². The summed E-state index contributed by atoms with van der Waals surface area (Å²) in [6, 6.07) is 13.7. The molecule has 0 saturated heterocycles. The van der Waals surface area contributed by atoms with Crippen LogP contribution in [0.4, 0.5) is 5.69 Å². The van der Waals surface area contributed by atoms with Crippen LogP contribution >= 0.6 is 0 Å². The number of hydrogen-bond donors (Lipinski definition) is 0. The Labute approximate surface area is 215 Å². The monoisotopic (exact) mass is 502 g/mol. The molecule has 0 unspecified atom stereocenters. The third-order valence-electron chi connectivity index (χ3n) is 5.38. The molecule has 0 amide bonds. The Morgan fingerprint density at radius 1 is 0.765 bits per heavy atom. The number of nitrogens with zero attached hydrogens (tertiary/aromatic N) is 2. The average Bonchev–Trinajstić information content (AvgIpc) is 2.68. The maximum Gasteiger partial charge on any atom is 2.00 e. The molecule has 5 heteroatoms. The summed E-state index contributed by atoms with van der Waals surface area (Å²) in [6.45, 7) is 17.9. The summed E-state index contributed by atoms with van der Waals surface area (Å²) in [7, 11) is 0. The maximum absolute atomic E-state index is 12.0. The van der Waals surface area contributed by atoms with Crippen molar-refractivity contribution in [2.24, 2.45) is 4.99 Å². The van der Waals surface area contributed by atoms with Crippen LogP contribution < -0.4 is 10.2 Å². The second-order valence-electron chi connectivity index (χ2n) is 10.6. The molecule has 184 valence electrons. The predicted molar refractivity (Wildman–Crippen MR) is 135 cm³/mol. The van der Waals surface area contributed by atoms with Crippen molar-refractivity contribution in [3.05, 3.63) is 82.2 Å². The SMILES string of the molecule is CC(C)(C)c1ccc(C(C)(C)C)c([O-])c1[O-].Cc1cc(C)c(N=Cc2ccccn2)c(C)c1.[Ni+2]. The zero-order valence-corrected chi connectivity index (χ0v) is 22.7. The quantitative estimate of drug-likeness (QED) is 0.310. The van der Waals surface area contributed by atoms with Gasteiger partial charge < -0.3 is 10.2 Å². The molecule has 0 bridgehead atoms. The molecule has 4 nitrogen and oxygen atoms in total. The zero-order chi connectivity index (χ0) is 25.0. The van der Waals surface area contributed by atoms with Crippen molar-refractivity contribution in [1.29, 1.82) is 0 Å². The molecule has 0 spiro atoms. The van der Waals surface area contributed by atoms with Crippen LogP contribution in [0.25, 0.3) is 0 Å². The normalized spacial score (nSPS) is 11.6. The fraction of sp³-hybridized carbons (Fsp3) is 0.379. The third-order valence-corrected chi connectivity index (χ3v) is 5.38. The van der Waals surface area contributed by atoms with Crippen LogP contribution in [0.2, 0.25) is 0 Å². The molecule has 0 aliphatic carbocycles. The first-order valence-corrected chi connectivity index (χ1v) is 11.3. The van der Waals surface area contributed by atoms with E-state index in [-0.39, 0.29) is 38.8 Å². The Morgan fingerprint density at radius 3 is 1.62 bits per heavy atom. The second-order valence-corrected chi connectivity index (χ2v) is 10.6. The van der Waals surface area contributed by atoms with E-state index in [4.69, 9.17) is 0 Å². The van der Waals surface area contributed by atoms with Crippen molar-refractivity contribution < 1.29 is 26.7 Å². The molecule has 0 aliphatic rings. The Kier molecular flexibility index (Phi) is 10.1. The van der Waals surface area contributed by atoms with Crippen molar-refractivity contribution in [3.8, 4) is 11.5 Å². The molecule has 0 fully saturated rings. The smallest absolute Gasteiger partial charge is 0.873 e. The molecule has 0 radical (unpaired) electrons. The first kappa shape index (κ1) is 29.4. The molecular formula is C29H36N2NiO2. The van der Waals surface area contributed by atoms with Crippen molar-refractivity contribution >= 4 is 11.9 Å². The van der Waals surface area contributed by atoms with Gasteiger partial charge in [0.05, 0.1) is 17.6 Å². The number of rotatable bonds is 2. The number of hydrogen-bond acceptors (Lipinski definition) is 4. The Hall–Kier alpha value is -2.65. The summed E-state index contributed by atoms with van der Waals surface area (Å²) in [4.78, 5) is 8.75. The van der Waals surface area contributed by atoms with Crippen LogP contribution in [0.5, 0.6) is 11.5 Å². The van der Waals surface area contributed by atoms with Gasteiger partial charge in [-0.2, -0.15) is 0 Å². The zero-order valence-electron chi connectivity index (χ0n) is 21.7. The van der Waals surface area contributed by atoms with Crippen LogP contribution in [0.15, 0.2) is 53.7 Å². The van der Waals surface area contributed by atoms with Gasteiger partial charge in [0.2, 0.25) is 0 Å². The van der Waals surface area contributed by atoms with Crippen LogP contribution in [0.3, 0.4) is 0 Å². The summed E-state index contributed by atoms with van der Waals surface area (Å²) >= 11 is 0. The van der Waals surface area contributed by atoms with Gasteiger partial charge in [0.1, 0.15) is 0 Å². The number of aromatic nitrogens is 1. The van der Waals surface area contributed by atoms with Gasteiger partial charge in [0.25, 0.3) is 0 Å². The van der Waals surface area contributed by atoms with Gasteiger partial charge in [-0.1, -0.05) is 88.6 Å². The van der Waals surface area contributed by atoms with Gasteiger partial charge in [-0.05, 0) is 54.9 Å². The molecular weight excluding hydrogens is 467 g/mol.